The molecule has 1 nitrogen and oxygen atoms in total. The monoisotopic (exact) mass is 239 g/mol. The molecule has 1 fully saturated rings. The molecule has 0 saturated heterocycles. The van der Waals surface area contributed by atoms with Crippen LogP contribution in [-0.4, -0.2) is 0 Å². The van der Waals surface area contributed by atoms with Crippen LogP contribution in [-0.2, 0) is 5.54 Å². The molecule has 1 saturated carbocycles. The van der Waals surface area contributed by atoms with Gasteiger partial charge in [0.2, 0.25) is 0 Å². The summed E-state index contributed by atoms with van der Waals surface area (Å²) in [6, 6.07) is 3.75. The molecular weight excluding hydrogens is 220 g/mol. The van der Waals surface area contributed by atoms with Gasteiger partial charge in [-0.3, -0.25) is 0 Å². The molecule has 0 amide bonds. The Morgan fingerprint density at radius 1 is 1.35 bits per heavy atom. The van der Waals surface area contributed by atoms with E-state index in [1.54, 1.807) is 0 Å². The van der Waals surface area contributed by atoms with E-state index in [1.807, 2.05) is 0 Å². The SMILES string of the molecule is CCC1CCCCC1(N)c1ccc(F)cc1F. The van der Waals surface area contributed by atoms with Crippen molar-refractivity contribution in [1.29, 1.82) is 0 Å². The standard InChI is InChI=1S/C14H19F2N/c1-2-10-5-3-4-8-14(10,17)12-7-6-11(15)9-13(12)16/h6-7,9-10H,2-5,8,17H2,1H3. The van der Waals surface area contributed by atoms with Gasteiger partial charge in [-0.25, -0.2) is 8.78 Å². The molecule has 2 atom stereocenters. The van der Waals surface area contributed by atoms with Crippen molar-refractivity contribution in [2.24, 2.45) is 11.7 Å². The second-order valence-corrected chi connectivity index (χ2v) is 5.02. The van der Waals surface area contributed by atoms with E-state index in [0.717, 1.165) is 38.2 Å². The summed E-state index contributed by atoms with van der Waals surface area (Å²) < 4.78 is 26.8. The van der Waals surface area contributed by atoms with E-state index >= 15 is 0 Å². The van der Waals surface area contributed by atoms with Gasteiger partial charge in [0.05, 0.1) is 0 Å². The first-order valence-electron chi connectivity index (χ1n) is 6.32. The largest absolute Gasteiger partial charge is 0.321 e. The van der Waals surface area contributed by atoms with Crippen LogP contribution in [0.1, 0.15) is 44.6 Å². The molecule has 17 heavy (non-hydrogen) atoms. The number of hydrogen-bond donors (Lipinski definition) is 1. The van der Waals surface area contributed by atoms with Gasteiger partial charge >= 0.3 is 0 Å². The van der Waals surface area contributed by atoms with Crippen molar-refractivity contribution >= 4 is 0 Å². The average Bonchev–Trinajstić information content (AvgIpc) is 2.29. The minimum atomic E-state index is -0.620. The molecule has 0 aliphatic heterocycles. The summed E-state index contributed by atoms with van der Waals surface area (Å²) in [5.74, 6) is -0.761. The molecule has 1 aromatic carbocycles. The van der Waals surface area contributed by atoms with Crippen molar-refractivity contribution < 1.29 is 8.78 Å². The van der Waals surface area contributed by atoms with Crippen LogP contribution in [0.25, 0.3) is 0 Å². The van der Waals surface area contributed by atoms with Crippen molar-refractivity contribution in [2.45, 2.75) is 44.6 Å². The van der Waals surface area contributed by atoms with E-state index in [1.165, 1.54) is 12.1 Å². The van der Waals surface area contributed by atoms with Crippen molar-refractivity contribution in [2.75, 3.05) is 0 Å². The Hall–Kier alpha value is -0.960. The van der Waals surface area contributed by atoms with Gasteiger partial charge in [-0.05, 0) is 24.8 Å². The number of nitrogens with two attached hydrogens (primary N) is 1. The first-order valence-corrected chi connectivity index (χ1v) is 6.32. The molecule has 94 valence electrons. The van der Waals surface area contributed by atoms with Gasteiger partial charge in [0.1, 0.15) is 11.6 Å². The molecule has 0 aromatic heterocycles. The summed E-state index contributed by atoms with van der Waals surface area (Å²) in [7, 11) is 0. The lowest BCUT2D eigenvalue weighted by Gasteiger charge is -2.41. The summed E-state index contributed by atoms with van der Waals surface area (Å²) in [4.78, 5) is 0. The molecule has 1 aliphatic rings. The summed E-state index contributed by atoms with van der Waals surface area (Å²) in [6.07, 6.45) is 4.93. The van der Waals surface area contributed by atoms with Gasteiger partial charge in [0.15, 0.2) is 0 Å². The zero-order valence-electron chi connectivity index (χ0n) is 10.2. The molecule has 1 aliphatic carbocycles. The topological polar surface area (TPSA) is 26.0 Å². The first-order chi connectivity index (χ1) is 8.08. The Morgan fingerprint density at radius 2 is 2.12 bits per heavy atom. The Bertz CT molecular complexity index is 405. The maximum absolute atomic E-state index is 13.9. The molecule has 0 spiro atoms. The lowest BCUT2D eigenvalue weighted by Crippen LogP contribution is -2.46. The molecule has 2 rings (SSSR count). The van der Waals surface area contributed by atoms with Crippen molar-refractivity contribution in [1.82, 2.24) is 0 Å². The van der Waals surface area contributed by atoms with Gasteiger partial charge in [0.25, 0.3) is 0 Å². The summed E-state index contributed by atoms with van der Waals surface area (Å²) in [6.45, 7) is 2.08. The van der Waals surface area contributed by atoms with Crippen LogP contribution in [0.15, 0.2) is 18.2 Å². The third-order valence-electron chi connectivity index (χ3n) is 4.05. The minimum absolute atomic E-state index is 0.288. The van der Waals surface area contributed by atoms with Gasteiger partial charge in [-0.2, -0.15) is 0 Å². The molecule has 0 heterocycles. The van der Waals surface area contributed by atoms with E-state index in [-0.39, 0.29) is 5.92 Å². The molecule has 0 bridgehead atoms. The number of rotatable bonds is 2. The second-order valence-electron chi connectivity index (χ2n) is 5.02. The maximum atomic E-state index is 13.9. The number of hydrogen-bond acceptors (Lipinski definition) is 1. The molecule has 3 heteroatoms. The van der Waals surface area contributed by atoms with Crippen LogP contribution in [0, 0.1) is 17.6 Å². The molecule has 1 aromatic rings. The molecule has 2 unspecified atom stereocenters. The quantitative estimate of drug-likeness (QED) is 0.836. The normalized spacial score (nSPS) is 29.3. The number of halogens is 2. The van der Waals surface area contributed by atoms with Crippen LogP contribution in [0.3, 0.4) is 0 Å². The van der Waals surface area contributed by atoms with Crippen molar-refractivity contribution in [3.05, 3.63) is 35.4 Å². The second kappa shape index (κ2) is 4.73. The Labute approximate surface area is 101 Å². The Balaban J connectivity index is 2.41. The predicted octanol–water partition coefficient (Wildman–Crippen LogP) is 3.72. The highest BCUT2D eigenvalue weighted by Crippen LogP contribution is 2.42. The highest BCUT2D eigenvalue weighted by Gasteiger charge is 2.39. The molecule has 0 radical (unpaired) electrons. The predicted molar refractivity (Wildman–Crippen MR) is 64.5 cm³/mol. The van der Waals surface area contributed by atoms with Gasteiger partial charge in [0, 0.05) is 17.2 Å². The van der Waals surface area contributed by atoms with Gasteiger partial charge < -0.3 is 5.73 Å². The third-order valence-corrected chi connectivity index (χ3v) is 4.05. The fourth-order valence-electron chi connectivity index (χ4n) is 3.06. The zero-order valence-corrected chi connectivity index (χ0v) is 10.2. The molecule has 2 N–H and O–H groups in total. The lowest BCUT2D eigenvalue weighted by molar-refractivity contribution is 0.179. The van der Waals surface area contributed by atoms with Crippen molar-refractivity contribution in [3.63, 3.8) is 0 Å². The Kier molecular flexibility index (Phi) is 3.48. The fraction of sp³-hybridized carbons (Fsp3) is 0.571. The van der Waals surface area contributed by atoms with E-state index in [9.17, 15) is 8.78 Å². The first kappa shape index (κ1) is 12.5. The van der Waals surface area contributed by atoms with Crippen molar-refractivity contribution in [3.8, 4) is 0 Å². The van der Waals surface area contributed by atoms with E-state index in [4.69, 9.17) is 5.73 Å². The van der Waals surface area contributed by atoms with Crippen LogP contribution in [0.2, 0.25) is 0 Å². The third kappa shape index (κ3) is 2.21. The van der Waals surface area contributed by atoms with Gasteiger partial charge in [-0.15, -0.1) is 0 Å². The fourth-order valence-corrected chi connectivity index (χ4v) is 3.06. The smallest absolute Gasteiger partial charge is 0.131 e. The summed E-state index contributed by atoms with van der Waals surface area (Å²) >= 11 is 0. The lowest BCUT2D eigenvalue weighted by atomic mass is 9.68. The highest BCUT2D eigenvalue weighted by atomic mass is 19.1. The maximum Gasteiger partial charge on any atom is 0.131 e. The van der Waals surface area contributed by atoms with E-state index in [0.29, 0.717) is 5.56 Å². The van der Waals surface area contributed by atoms with Gasteiger partial charge in [-0.1, -0.05) is 32.3 Å². The highest BCUT2D eigenvalue weighted by molar-refractivity contribution is 5.28. The van der Waals surface area contributed by atoms with Crippen LogP contribution in [0.5, 0.6) is 0 Å². The van der Waals surface area contributed by atoms with Crippen LogP contribution in [0.4, 0.5) is 8.78 Å². The van der Waals surface area contributed by atoms with Crippen LogP contribution >= 0.6 is 0 Å². The average molecular weight is 239 g/mol. The van der Waals surface area contributed by atoms with Crippen LogP contribution < -0.4 is 5.73 Å². The number of benzene rings is 1. The van der Waals surface area contributed by atoms with E-state index < -0.39 is 17.2 Å². The summed E-state index contributed by atoms with van der Waals surface area (Å²) in [5, 5.41) is 0. The zero-order chi connectivity index (χ0) is 12.5. The summed E-state index contributed by atoms with van der Waals surface area (Å²) in [5.41, 5.74) is 6.28. The molecular formula is C14H19F2N. The van der Waals surface area contributed by atoms with E-state index in [2.05, 4.69) is 6.92 Å². The Morgan fingerprint density at radius 3 is 2.76 bits per heavy atom. The minimum Gasteiger partial charge on any atom is -0.321 e.